The Labute approximate surface area is 119 Å². The molecule has 0 aliphatic heterocycles. The number of hydrogen-bond donors (Lipinski definition) is 1. The standard InChI is InChI=1S/C16H20N4/c1-20(14-7-2-4-12(10-14)11-17)16-9-8-15(18-19-16)13-5-3-6-13/h2,4,7-10,13H,3,5-6,11,17H2,1H3. The molecule has 0 bridgehead atoms. The number of nitrogens with two attached hydrogens (primary N) is 1. The zero-order valence-electron chi connectivity index (χ0n) is 11.8. The molecule has 1 fully saturated rings. The van der Waals surface area contributed by atoms with Crippen molar-refractivity contribution in [3.8, 4) is 0 Å². The van der Waals surface area contributed by atoms with Crippen molar-refractivity contribution in [1.29, 1.82) is 0 Å². The zero-order valence-corrected chi connectivity index (χ0v) is 11.8. The van der Waals surface area contributed by atoms with Crippen molar-refractivity contribution < 1.29 is 0 Å². The highest BCUT2D eigenvalue weighted by atomic mass is 15.2. The van der Waals surface area contributed by atoms with E-state index in [9.17, 15) is 0 Å². The minimum atomic E-state index is 0.550. The summed E-state index contributed by atoms with van der Waals surface area (Å²) in [5, 5.41) is 8.73. The topological polar surface area (TPSA) is 55.0 Å². The van der Waals surface area contributed by atoms with Crippen LogP contribution < -0.4 is 10.6 Å². The molecule has 0 unspecified atom stereocenters. The molecule has 4 heteroatoms. The van der Waals surface area contributed by atoms with E-state index in [1.54, 1.807) is 0 Å². The Morgan fingerprint density at radius 2 is 2.05 bits per heavy atom. The molecule has 104 valence electrons. The molecule has 0 radical (unpaired) electrons. The summed E-state index contributed by atoms with van der Waals surface area (Å²) < 4.78 is 0. The third-order valence-corrected chi connectivity index (χ3v) is 4.07. The first kappa shape index (κ1) is 13.1. The van der Waals surface area contributed by atoms with Crippen LogP contribution in [0.5, 0.6) is 0 Å². The van der Waals surface area contributed by atoms with E-state index in [-0.39, 0.29) is 0 Å². The van der Waals surface area contributed by atoms with Crippen molar-refractivity contribution in [2.75, 3.05) is 11.9 Å². The van der Waals surface area contributed by atoms with Crippen LogP contribution in [0.1, 0.15) is 36.4 Å². The van der Waals surface area contributed by atoms with Gasteiger partial charge in [-0.3, -0.25) is 0 Å². The summed E-state index contributed by atoms with van der Waals surface area (Å²) >= 11 is 0. The SMILES string of the molecule is CN(c1cccc(CN)c1)c1ccc(C2CCC2)nn1. The lowest BCUT2D eigenvalue weighted by Crippen LogP contribution is -2.15. The molecule has 0 amide bonds. The van der Waals surface area contributed by atoms with Gasteiger partial charge in [0.1, 0.15) is 0 Å². The van der Waals surface area contributed by atoms with Crippen LogP contribution in [0.4, 0.5) is 11.5 Å². The second kappa shape index (κ2) is 5.59. The van der Waals surface area contributed by atoms with Gasteiger partial charge < -0.3 is 10.6 Å². The van der Waals surface area contributed by atoms with Crippen LogP contribution in [0, 0.1) is 0 Å². The highest BCUT2D eigenvalue weighted by molar-refractivity contribution is 5.59. The average molecular weight is 268 g/mol. The molecule has 3 rings (SSSR count). The Morgan fingerprint density at radius 1 is 1.20 bits per heavy atom. The summed E-state index contributed by atoms with van der Waals surface area (Å²) in [5.41, 5.74) is 9.02. The predicted molar refractivity (Wildman–Crippen MR) is 81.0 cm³/mol. The van der Waals surface area contributed by atoms with Crippen molar-refractivity contribution in [3.63, 3.8) is 0 Å². The second-order valence-electron chi connectivity index (χ2n) is 5.38. The van der Waals surface area contributed by atoms with Gasteiger partial charge >= 0.3 is 0 Å². The number of rotatable bonds is 4. The molecule has 1 heterocycles. The molecule has 2 N–H and O–H groups in total. The van der Waals surface area contributed by atoms with Crippen LogP contribution in [0.2, 0.25) is 0 Å². The lowest BCUT2D eigenvalue weighted by atomic mass is 9.83. The Balaban J connectivity index is 1.80. The van der Waals surface area contributed by atoms with Gasteiger partial charge in [0.05, 0.1) is 5.69 Å². The Bertz CT molecular complexity index is 575. The number of aromatic nitrogens is 2. The molecular weight excluding hydrogens is 248 g/mol. The molecule has 0 saturated heterocycles. The summed E-state index contributed by atoms with van der Waals surface area (Å²) in [6.45, 7) is 0.550. The maximum atomic E-state index is 5.69. The average Bonchev–Trinajstić information content (AvgIpc) is 2.45. The van der Waals surface area contributed by atoms with Crippen LogP contribution in [-0.2, 0) is 6.54 Å². The van der Waals surface area contributed by atoms with E-state index in [2.05, 4.69) is 34.5 Å². The lowest BCUT2D eigenvalue weighted by molar-refractivity contribution is 0.408. The van der Waals surface area contributed by atoms with Crippen molar-refractivity contribution in [2.45, 2.75) is 31.7 Å². The van der Waals surface area contributed by atoms with Crippen molar-refractivity contribution >= 4 is 11.5 Å². The third-order valence-electron chi connectivity index (χ3n) is 4.07. The highest BCUT2D eigenvalue weighted by Crippen LogP contribution is 2.35. The smallest absolute Gasteiger partial charge is 0.155 e. The Morgan fingerprint density at radius 3 is 2.65 bits per heavy atom. The van der Waals surface area contributed by atoms with Crippen molar-refractivity contribution in [1.82, 2.24) is 10.2 Å². The number of anilines is 2. The lowest BCUT2D eigenvalue weighted by Gasteiger charge is -2.25. The summed E-state index contributed by atoms with van der Waals surface area (Å²) in [6, 6.07) is 12.3. The van der Waals surface area contributed by atoms with Gasteiger partial charge in [0.15, 0.2) is 5.82 Å². The molecule has 4 nitrogen and oxygen atoms in total. The van der Waals surface area contributed by atoms with Gasteiger partial charge in [0.2, 0.25) is 0 Å². The molecule has 20 heavy (non-hydrogen) atoms. The maximum Gasteiger partial charge on any atom is 0.155 e. The fraction of sp³-hybridized carbons (Fsp3) is 0.375. The molecule has 1 saturated carbocycles. The normalized spacial score (nSPS) is 14.9. The third kappa shape index (κ3) is 2.51. The van der Waals surface area contributed by atoms with Crippen LogP contribution in [0.15, 0.2) is 36.4 Å². The van der Waals surface area contributed by atoms with Gasteiger partial charge in [-0.25, -0.2) is 0 Å². The van der Waals surface area contributed by atoms with Gasteiger partial charge in [0.25, 0.3) is 0 Å². The summed E-state index contributed by atoms with van der Waals surface area (Å²) in [6.07, 6.45) is 3.82. The van der Waals surface area contributed by atoms with Crippen LogP contribution in [0.3, 0.4) is 0 Å². The van der Waals surface area contributed by atoms with E-state index in [1.165, 1.54) is 19.3 Å². The van der Waals surface area contributed by atoms with Crippen LogP contribution >= 0.6 is 0 Å². The van der Waals surface area contributed by atoms with Gasteiger partial charge in [-0.1, -0.05) is 18.6 Å². The number of nitrogens with zero attached hydrogens (tertiary/aromatic N) is 3. The quantitative estimate of drug-likeness (QED) is 0.926. The van der Waals surface area contributed by atoms with Crippen molar-refractivity contribution in [2.24, 2.45) is 5.73 Å². The van der Waals surface area contributed by atoms with E-state index in [0.29, 0.717) is 12.5 Å². The van der Waals surface area contributed by atoms with Gasteiger partial charge in [0, 0.05) is 25.2 Å². The van der Waals surface area contributed by atoms with Gasteiger partial charge in [-0.05, 0) is 42.7 Å². The zero-order chi connectivity index (χ0) is 13.9. The monoisotopic (exact) mass is 268 g/mol. The second-order valence-corrected chi connectivity index (χ2v) is 5.38. The molecule has 1 aliphatic rings. The number of benzene rings is 1. The Hall–Kier alpha value is -1.94. The minimum absolute atomic E-state index is 0.550. The van der Waals surface area contributed by atoms with Gasteiger partial charge in [-0.15, -0.1) is 5.10 Å². The fourth-order valence-corrected chi connectivity index (χ4v) is 2.46. The van der Waals surface area contributed by atoms with Gasteiger partial charge in [-0.2, -0.15) is 5.10 Å². The summed E-state index contributed by atoms with van der Waals surface area (Å²) in [5.74, 6) is 1.49. The largest absolute Gasteiger partial charge is 0.328 e. The van der Waals surface area contributed by atoms with E-state index in [4.69, 9.17) is 5.73 Å². The summed E-state index contributed by atoms with van der Waals surface area (Å²) in [4.78, 5) is 2.04. The maximum absolute atomic E-state index is 5.69. The summed E-state index contributed by atoms with van der Waals surface area (Å²) in [7, 11) is 2.00. The predicted octanol–water partition coefficient (Wildman–Crippen LogP) is 2.97. The van der Waals surface area contributed by atoms with E-state index in [0.717, 1.165) is 22.8 Å². The minimum Gasteiger partial charge on any atom is -0.328 e. The van der Waals surface area contributed by atoms with Crippen LogP contribution in [-0.4, -0.2) is 17.2 Å². The molecule has 1 aromatic heterocycles. The molecule has 1 aromatic carbocycles. The molecular formula is C16H20N4. The van der Waals surface area contributed by atoms with E-state index in [1.807, 2.05) is 24.1 Å². The highest BCUT2D eigenvalue weighted by Gasteiger charge is 2.21. The first-order valence-corrected chi connectivity index (χ1v) is 7.14. The molecule has 1 aliphatic carbocycles. The first-order chi connectivity index (χ1) is 9.78. The molecule has 2 aromatic rings. The number of hydrogen-bond acceptors (Lipinski definition) is 4. The van der Waals surface area contributed by atoms with E-state index >= 15 is 0 Å². The Kier molecular flexibility index (Phi) is 3.65. The van der Waals surface area contributed by atoms with Crippen LogP contribution in [0.25, 0.3) is 0 Å². The molecule has 0 spiro atoms. The van der Waals surface area contributed by atoms with E-state index < -0.39 is 0 Å². The first-order valence-electron chi connectivity index (χ1n) is 7.14. The van der Waals surface area contributed by atoms with Crippen molar-refractivity contribution in [3.05, 3.63) is 47.7 Å². The fourth-order valence-electron chi connectivity index (χ4n) is 2.46. The molecule has 0 atom stereocenters.